The van der Waals surface area contributed by atoms with Gasteiger partial charge in [0.05, 0.1) is 5.69 Å². The second-order valence-corrected chi connectivity index (χ2v) is 3.99. The van der Waals surface area contributed by atoms with Gasteiger partial charge >= 0.3 is 0 Å². The van der Waals surface area contributed by atoms with Crippen molar-refractivity contribution in [2.75, 3.05) is 0 Å². The van der Waals surface area contributed by atoms with Crippen LogP contribution in [0.3, 0.4) is 0 Å². The lowest BCUT2D eigenvalue weighted by Crippen LogP contribution is -1.77. The summed E-state index contributed by atoms with van der Waals surface area (Å²) in [6.07, 6.45) is 0. The Bertz CT molecular complexity index is 545. The van der Waals surface area contributed by atoms with E-state index in [9.17, 15) is 4.39 Å². The maximum absolute atomic E-state index is 13.5. The number of nitrogens with zero attached hydrogens (tertiary/aromatic N) is 2. The van der Waals surface area contributed by atoms with Gasteiger partial charge in [-0.3, -0.25) is 0 Å². The molecule has 2 nitrogen and oxygen atoms in total. The minimum absolute atomic E-state index is 0.260. The molecule has 0 saturated carbocycles. The minimum atomic E-state index is -0.346. The van der Waals surface area contributed by atoms with Crippen molar-refractivity contribution in [2.45, 2.75) is 13.8 Å². The quantitative estimate of drug-likeness (QED) is 0.656. The molecule has 2 aromatic carbocycles. The summed E-state index contributed by atoms with van der Waals surface area (Å²) in [4.78, 5) is 0. The molecule has 17 heavy (non-hydrogen) atoms. The topological polar surface area (TPSA) is 24.7 Å². The highest BCUT2D eigenvalue weighted by Crippen LogP contribution is 2.22. The van der Waals surface area contributed by atoms with Gasteiger partial charge in [-0.15, -0.1) is 5.11 Å². The molecule has 0 bridgehead atoms. The van der Waals surface area contributed by atoms with Crippen molar-refractivity contribution in [3.05, 3.63) is 59.4 Å². The van der Waals surface area contributed by atoms with Crippen molar-refractivity contribution in [3.63, 3.8) is 0 Å². The molecule has 2 aromatic rings. The van der Waals surface area contributed by atoms with E-state index in [0.717, 1.165) is 16.8 Å². The molecule has 0 heterocycles. The zero-order valence-corrected chi connectivity index (χ0v) is 9.81. The van der Waals surface area contributed by atoms with Crippen molar-refractivity contribution >= 4 is 11.4 Å². The molecule has 86 valence electrons. The lowest BCUT2D eigenvalue weighted by molar-refractivity contribution is 0.627. The summed E-state index contributed by atoms with van der Waals surface area (Å²) in [7, 11) is 0. The standard InChI is InChI=1S/C14H13FN2/c1-10-3-6-12(7-4-10)16-17-14-8-5-11(2)9-13(14)15/h3-9H,1-2H3/b17-16+. The number of halogens is 1. The van der Waals surface area contributed by atoms with Crippen LogP contribution in [0.25, 0.3) is 0 Å². The Morgan fingerprint density at radius 1 is 0.824 bits per heavy atom. The van der Waals surface area contributed by atoms with Gasteiger partial charge in [-0.1, -0.05) is 23.8 Å². The zero-order chi connectivity index (χ0) is 12.3. The molecular formula is C14H13FN2. The van der Waals surface area contributed by atoms with Crippen LogP contribution in [-0.4, -0.2) is 0 Å². The largest absolute Gasteiger partial charge is 0.205 e. The van der Waals surface area contributed by atoms with Crippen molar-refractivity contribution in [3.8, 4) is 0 Å². The monoisotopic (exact) mass is 228 g/mol. The van der Waals surface area contributed by atoms with Crippen LogP contribution < -0.4 is 0 Å². The molecule has 0 aromatic heterocycles. The van der Waals surface area contributed by atoms with Crippen molar-refractivity contribution in [2.24, 2.45) is 10.2 Å². The molecule has 0 atom stereocenters. The number of hydrogen-bond acceptors (Lipinski definition) is 2. The molecule has 0 saturated heterocycles. The van der Waals surface area contributed by atoms with E-state index < -0.39 is 0 Å². The summed E-state index contributed by atoms with van der Waals surface area (Å²) in [5.74, 6) is -0.346. The van der Waals surface area contributed by atoms with E-state index in [2.05, 4.69) is 10.2 Å². The number of azo groups is 1. The first kappa shape index (κ1) is 11.5. The highest BCUT2D eigenvalue weighted by atomic mass is 19.1. The molecule has 0 aliphatic carbocycles. The maximum atomic E-state index is 13.5. The number of benzene rings is 2. The molecule has 2 rings (SSSR count). The predicted molar refractivity (Wildman–Crippen MR) is 66.5 cm³/mol. The first-order chi connectivity index (χ1) is 8.15. The molecule has 0 spiro atoms. The Balaban J connectivity index is 2.23. The number of hydrogen-bond donors (Lipinski definition) is 0. The molecule has 0 amide bonds. The van der Waals surface area contributed by atoms with E-state index in [4.69, 9.17) is 0 Å². The third kappa shape index (κ3) is 2.97. The summed E-state index contributed by atoms with van der Waals surface area (Å²) in [6.45, 7) is 3.84. The summed E-state index contributed by atoms with van der Waals surface area (Å²) in [5, 5.41) is 7.89. The van der Waals surface area contributed by atoms with E-state index in [1.807, 2.05) is 44.2 Å². The fraction of sp³-hybridized carbons (Fsp3) is 0.143. The first-order valence-electron chi connectivity index (χ1n) is 5.40. The van der Waals surface area contributed by atoms with Crippen LogP contribution in [0.15, 0.2) is 52.7 Å². The van der Waals surface area contributed by atoms with Crippen molar-refractivity contribution in [1.29, 1.82) is 0 Å². The van der Waals surface area contributed by atoms with E-state index in [1.54, 1.807) is 6.07 Å². The van der Waals surface area contributed by atoms with Crippen molar-refractivity contribution < 1.29 is 4.39 Å². The van der Waals surface area contributed by atoms with Gasteiger partial charge in [-0.05, 0) is 43.7 Å². The Labute approximate surface area is 99.8 Å². The molecule has 0 radical (unpaired) electrons. The second-order valence-electron chi connectivity index (χ2n) is 3.99. The molecule has 3 heteroatoms. The van der Waals surface area contributed by atoms with Crippen molar-refractivity contribution in [1.82, 2.24) is 0 Å². The second kappa shape index (κ2) is 4.87. The third-order valence-electron chi connectivity index (χ3n) is 2.41. The van der Waals surface area contributed by atoms with Gasteiger partial charge in [0.25, 0.3) is 0 Å². The SMILES string of the molecule is Cc1ccc(/N=N/c2ccc(C)cc2F)cc1. The van der Waals surface area contributed by atoms with Crippen LogP contribution in [0, 0.1) is 19.7 Å². The van der Waals surface area contributed by atoms with Gasteiger partial charge in [-0.2, -0.15) is 5.11 Å². The zero-order valence-electron chi connectivity index (χ0n) is 9.81. The Kier molecular flexibility index (Phi) is 3.28. The van der Waals surface area contributed by atoms with Crippen LogP contribution in [0.2, 0.25) is 0 Å². The fourth-order valence-electron chi connectivity index (χ4n) is 1.42. The summed E-state index contributed by atoms with van der Waals surface area (Å²) < 4.78 is 13.5. The fourth-order valence-corrected chi connectivity index (χ4v) is 1.42. The maximum Gasteiger partial charge on any atom is 0.150 e. The van der Waals surface area contributed by atoms with Crippen LogP contribution in [0.5, 0.6) is 0 Å². The van der Waals surface area contributed by atoms with E-state index in [-0.39, 0.29) is 11.5 Å². The Hall–Kier alpha value is -2.03. The summed E-state index contributed by atoms with van der Waals surface area (Å²) in [6, 6.07) is 12.5. The van der Waals surface area contributed by atoms with Gasteiger partial charge in [0.2, 0.25) is 0 Å². The van der Waals surface area contributed by atoms with Gasteiger partial charge < -0.3 is 0 Å². The minimum Gasteiger partial charge on any atom is -0.205 e. The van der Waals surface area contributed by atoms with Crippen LogP contribution >= 0.6 is 0 Å². The van der Waals surface area contributed by atoms with Gasteiger partial charge in [0, 0.05) is 0 Å². The number of rotatable bonds is 2. The normalized spacial score (nSPS) is 11.0. The predicted octanol–water partition coefficient (Wildman–Crippen LogP) is 4.86. The van der Waals surface area contributed by atoms with E-state index in [0.29, 0.717) is 0 Å². The molecule has 0 aliphatic rings. The van der Waals surface area contributed by atoms with E-state index in [1.165, 1.54) is 6.07 Å². The molecular weight excluding hydrogens is 215 g/mol. The van der Waals surface area contributed by atoms with E-state index >= 15 is 0 Å². The third-order valence-corrected chi connectivity index (χ3v) is 2.41. The van der Waals surface area contributed by atoms with Crippen LogP contribution in [0.4, 0.5) is 15.8 Å². The highest BCUT2D eigenvalue weighted by Gasteiger charge is 2.00. The van der Waals surface area contributed by atoms with Gasteiger partial charge in [0.1, 0.15) is 5.69 Å². The molecule has 0 fully saturated rings. The lowest BCUT2D eigenvalue weighted by atomic mass is 10.2. The lowest BCUT2D eigenvalue weighted by Gasteiger charge is -1.97. The first-order valence-corrected chi connectivity index (χ1v) is 5.40. The smallest absolute Gasteiger partial charge is 0.150 e. The molecule has 0 aliphatic heterocycles. The number of aryl methyl sites for hydroxylation is 2. The Morgan fingerprint density at radius 3 is 2.12 bits per heavy atom. The van der Waals surface area contributed by atoms with Crippen LogP contribution in [0.1, 0.15) is 11.1 Å². The van der Waals surface area contributed by atoms with Gasteiger partial charge in [-0.25, -0.2) is 4.39 Å². The van der Waals surface area contributed by atoms with Gasteiger partial charge in [0.15, 0.2) is 5.82 Å². The average molecular weight is 228 g/mol. The summed E-state index contributed by atoms with van der Waals surface area (Å²) in [5.41, 5.74) is 3.01. The summed E-state index contributed by atoms with van der Waals surface area (Å²) >= 11 is 0. The molecule has 0 unspecified atom stereocenters. The Morgan fingerprint density at radius 2 is 1.47 bits per heavy atom. The highest BCUT2D eigenvalue weighted by molar-refractivity contribution is 5.42. The average Bonchev–Trinajstić information content (AvgIpc) is 2.30. The molecule has 0 N–H and O–H groups in total. The van der Waals surface area contributed by atoms with Crippen LogP contribution in [-0.2, 0) is 0 Å².